The monoisotopic (exact) mass is 428 g/mol. The average molecular weight is 429 g/mol. The Morgan fingerprint density at radius 2 is 1.90 bits per heavy atom. The molecule has 1 saturated carbocycles. The zero-order valence-electron chi connectivity index (χ0n) is 21.5. The first-order valence-electron chi connectivity index (χ1n) is 12.1. The van der Waals surface area contributed by atoms with Crippen LogP contribution in [-0.4, -0.2) is 17.8 Å². The predicted molar refractivity (Wildman–Crippen MR) is 139 cm³/mol. The van der Waals surface area contributed by atoms with E-state index in [1.54, 1.807) is 6.92 Å². The second kappa shape index (κ2) is 20.0. The fourth-order valence-electron chi connectivity index (χ4n) is 4.16. The van der Waals surface area contributed by atoms with Gasteiger partial charge in [0.15, 0.2) is 0 Å². The van der Waals surface area contributed by atoms with Gasteiger partial charge in [0.1, 0.15) is 12.1 Å². The maximum Gasteiger partial charge on any atom is 0.117 e. The van der Waals surface area contributed by atoms with E-state index in [2.05, 4.69) is 51.6 Å². The van der Waals surface area contributed by atoms with Gasteiger partial charge in [0, 0.05) is 5.71 Å². The molecule has 0 aromatic carbocycles. The van der Waals surface area contributed by atoms with Crippen LogP contribution in [0.25, 0.3) is 0 Å². The summed E-state index contributed by atoms with van der Waals surface area (Å²) < 4.78 is 0. The van der Waals surface area contributed by atoms with Crippen molar-refractivity contribution in [2.45, 2.75) is 100 Å². The maximum atomic E-state index is 8.81. The highest BCUT2D eigenvalue weighted by atomic mass is 16.1. The fraction of sp³-hybridized carbons (Fsp3) is 0.679. The SMILES string of the molecule is C#C/C=C(\C=C/C)C(C)CCC(CC)=NC(C)=N.CC=O.CCCC1C(C)CC1CC. The lowest BCUT2D eigenvalue weighted by molar-refractivity contribution is -0.106. The van der Waals surface area contributed by atoms with Crippen molar-refractivity contribution in [3.8, 4) is 12.3 Å². The molecule has 0 amide bonds. The largest absolute Gasteiger partial charge is 0.304 e. The molecule has 1 N–H and O–H groups in total. The summed E-state index contributed by atoms with van der Waals surface area (Å²) in [6.07, 6.45) is 20.6. The number of carbonyl (C=O) groups excluding carboxylic acids is 1. The summed E-state index contributed by atoms with van der Waals surface area (Å²) in [4.78, 5) is 13.0. The van der Waals surface area contributed by atoms with Gasteiger partial charge in [0.2, 0.25) is 0 Å². The number of allylic oxidation sites excluding steroid dienone is 4. The molecular weight excluding hydrogens is 380 g/mol. The number of rotatable bonds is 9. The zero-order valence-corrected chi connectivity index (χ0v) is 21.5. The molecule has 4 atom stereocenters. The number of terminal acetylenes is 1. The third-order valence-electron chi connectivity index (χ3n) is 5.94. The molecule has 0 aliphatic heterocycles. The van der Waals surface area contributed by atoms with Crippen molar-refractivity contribution in [3.05, 3.63) is 23.8 Å². The standard InChI is InChI=1S/C16H24N2.C10H20.C2H4O/c1-6-9-15(10-7-2)13(4)11-12-16(8-3)18-14(5)17;1-4-6-10-8(3)7-9(10)5-2;1-2-3/h1,7,9-10,13,17H,8,11-12H2,2-5H3;8-10H,4-7H2,1-3H3;2H,1H3/b10-7-,15-9+,17-14?,18-16?;;. The van der Waals surface area contributed by atoms with Crippen LogP contribution in [-0.2, 0) is 4.79 Å². The highest BCUT2D eigenvalue weighted by Gasteiger charge is 2.35. The maximum absolute atomic E-state index is 8.81. The first kappa shape index (κ1) is 31.2. The van der Waals surface area contributed by atoms with Crippen molar-refractivity contribution in [3.63, 3.8) is 0 Å². The molecule has 3 nitrogen and oxygen atoms in total. The average Bonchev–Trinajstić information content (AvgIpc) is 2.73. The van der Waals surface area contributed by atoms with Gasteiger partial charge in [-0.05, 0) is 81.8 Å². The quantitative estimate of drug-likeness (QED) is 0.130. The number of nitrogens with one attached hydrogen (secondary N) is 1. The Balaban J connectivity index is 0. The van der Waals surface area contributed by atoms with Crippen LogP contribution in [0.2, 0.25) is 0 Å². The van der Waals surface area contributed by atoms with Crippen molar-refractivity contribution < 1.29 is 4.79 Å². The van der Waals surface area contributed by atoms with E-state index in [1.165, 1.54) is 38.2 Å². The lowest BCUT2D eigenvalue weighted by Gasteiger charge is -2.43. The van der Waals surface area contributed by atoms with Crippen molar-refractivity contribution in [1.29, 1.82) is 5.41 Å². The van der Waals surface area contributed by atoms with Crippen LogP contribution in [0.3, 0.4) is 0 Å². The molecule has 0 saturated heterocycles. The number of aldehydes is 1. The summed E-state index contributed by atoms with van der Waals surface area (Å²) >= 11 is 0. The molecule has 0 aromatic rings. The van der Waals surface area contributed by atoms with E-state index >= 15 is 0 Å². The van der Waals surface area contributed by atoms with Gasteiger partial charge in [0.05, 0.1) is 0 Å². The van der Waals surface area contributed by atoms with Gasteiger partial charge in [-0.15, -0.1) is 6.42 Å². The molecular formula is C28H48N2O. The van der Waals surface area contributed by atoms with Gasteiger partial charge in [-0.3, -0.25) is 5.41 Å². The summed E-state index contributed by atoms with van der Waals surface area (Å²) in [6, 6.07) is 0. The molecule has 176 valence electrons. The van der Waals surface area contributed by atoms with Gasteiger partial charge in [-0.1, -0.05) is 72.0 Å². The zero-order chi connectivity index (χ0) is 24.2. The molecule has 3 heteroatoms. The molecule has 0 bridgehead atoms. The number of nitrogens with zero attached hydrogens (tertiary/aromatic N) is 1. The molecule has 1 fully saturated rings. The van der Waals surface area contributed by atoms with E-state index in [4.69, 9.17) is 16.6 Å². The number of amidine groups is 1. The van der Waals surface area contributed by atoms with Crippen molar-refractivity contribution in [2.75, 3.05) is 0 Å². The molecule has 1 aliphatic rings. The molecule has 0 heterocycles. The Morgan fingerprint density at radius 1 is 1.29 bits per heavy atom. The third-order valence-corrected chi connectivity index (χ3v) is 5.94. The van der Waals surface area contributed by atoms with Crippen molar-refractivity contribution in [2.24, 2.45) is 28.7 Å². The number of hydrogen-bond acceptors (Lipinski definition) is 2. The van der Waals surface area contributed by atoms with Crippen LogP contribution in [0.5, 0.6) is 0 Å². The molecule has 1 aliphatic carbocycles. The van der Waals surface area contributed by atoms with Crippen LogP contribution in [0.15, 0.2) is 28.8 Å². The van der Waals surface area contributed by atoms with E-state index < -0.39 is 0 Å². The molecule has 4 unspecified atom stereocenters. The Labute approximate surface area is 193 Å². The lowest BCUT2D eigenvalue weighted by atomic mass is 9.63. The first-order valence-corrected chi connectivity index (χ1v) is 12.1. The fourth-order valence-corrected chi connectivity index (χ4v) is 4.16. The summed E-state index contributed by atoms with van der Waals surface area (Å²) in [7, 11) is 0. The van der Waals surface area contributed by atoms with Gasteiger partial charge in [0.25, 0.3) is 0 Å². The number of hydrogen-bond donors (Lipinski definition) is 1. The van der Waals surface area contributed by atoms with Crippen LogP contribution >= 0.6 is 0 Å². The van der Waals surface area contributed by atoms with Gasteiger partial charge < -0.3 is 4.79 Å². The Morgan fingerprint density at radius 3 is 2.29 bits per heavy atom. The molecule has 1 rings (SSSR count). The van der Waals surface area contributed by atoms with Crippen LogP contribution in [0.4, 0.5) is 0 Å². The Hall–Kier alpha value is -1.95. The minimum absolute atomic E-state index is 0.382. The number of aliphatic imine (C=N–C) groups is 1. The highest BCUT2D eigenvalue weighted by Crippen LogP contribution is 2.44. The summed E-state index contributed by atoms with van der Waals surface area (Å²) in [5.41, 5.74) is 2.27. The van der Waals surface area contributed by atoms with Gasteiger partial charge in [-0.2, -0.15) is 0 Å². The molecule has 0 aromatic heterocycles. The second-order valence-electron chi connectivity index (χ2n) is 8.44. The lowest BCUT2D eigenvalue weighted by Crippen LogP contribution is -2.34. The predicted octanol–water partition coefficient (Wildman–Crippen LogP) is 8.06. The highest BCUT2D eigenvalue weighted by molar-refractivity contribution is 5.95. The first-order chi connectivity index (χ1) is 14.7. The van der Waals surface area contributed by atoms with E-state index in [0.29, 0.717) is 11.8 Å². The summed E-state index contributed by atoms with van der Waals surface area (Å²) in [6.45, 7) is 16.4. The van der Waals surface area contributed by atoms with Crippen LogP contribution < -0.4 is 0 Å². The Kier molecular flexibility index (Phi) is 20.1. The van der Waals surface area contributed by atoms with Crippen LogP contribution in [0.1, 0.15) is 100 Å². The summed E-state index contributed by atoms with van der Waals surface area (Å²) in [5, 5.41) is 7.39. The number of carbonyl (C=O) groups is 1. The third kappa shape index (κ3) is 14.6. The van der Waals surface area contributed by atoms with Crippen molar-refractivity contribution in [1.82, 2.24) is 0 Å². The van der Waals surface area contributed by atoms with Gasteiger partial charge in [-0.25, -0.2) is 4.99 Å². The normalized spacial score (nSPS) is 21.6. The second-order valence-corrected chi connectivity index (χ2v) is 8.44. The molecule has 0 spiro atoms. The van der Waals surface area contributed by atoms with E-state index in [1.807, 2.05) is 19.1 Å². The summed E-state index contributed by atoms with van der Waals surface area (Å²) in [5.74, 6) is 6.58. The van der Waals surface area contributed by atoms with Crippen molar-refractivity contribution >= 4 is 17.8 Å². The Bertz CT molecular complexity index is 621. The topological polar surface area (TPSA) is 53.3 Å². The molecule has 0 radical (unpaired) electrons. The van der Waals surface area contributed by atoms with E-state index in [9.17, 15) is 0 Å². The minimum Gasteiger partial charge on any atom is -0.304 e. The van der Waals surface area contributed by atoms with Crippen LogP contribution in [0, 0.1) is 41.4 Å². The molecule has 31 heavy (non-hydrogen) atoms. The smallest absolute Gasteiger partial charge is 0.117 e. The minimum atomic E-state index is 0.382. The van der Waals surface area contributed by atoms with E-state index in [-0.39, 0.29) is 0 Å². The van der Waals surface area contributed by atoms with Gasteiger partial charge >= 0.3 is 0 Å². The van der Waals surface area contributed by atoms with E-state index in [0.717, 1.165) is 49.0 Å².